The van der Waals surface area contributed by atoms with Gasteiger partial charge in [-0.05, 0) is 17.5 Å². The molecule has 2 aliphatic heterocycles. The molecule has 3 N–H and O–H groups in total. The number of hydrogen-bond donors (Lipinski definition) is 3. The quantitative estimate of drug-likeness (QED) is 0.610. The number of rotatable bonds is 6. The molecular formula is C19H22FN3O6. The molecule has 0 aliphatic carbocycles. The lowest BCUT2D eigenvalue weighted by atomic mass is 10.0. The molecule has 3 amide bonds. The molecule has 0 unspecified atom stereocenters. The number of carboxylic acids is 1. The smallest absolute Gasteiger partial charge is 0.327 e. The third-order valence-corrected chi connectivity index (χ3v) is 4.98. The van der Waals surface area contributed by atoms with E-state index in [9.17, 15) is 28.7 Å². The van der Waals surface area contributed by atoms with Crippen molar-refractivity contribution in [2.24, 2.45) is 5.92 Å². The van der Waals surface area contributed by atoms with E-state index < -0.39 is 48.5 Å². The van der Waals surface area contributed by atoms with Crippen molar-refractivity contribution < 1.29 is 33.4 Å². The monoisotopic (exact) mass is 407 g/mol. The van der Waals surface area contributed by atoms with Gasteiger partial charge in [-0.25, -0.2) is 9.18 Å². The van der Waals surface area contributed by atoms with Gasteiger partial charge in [-0.3, -0.25) is 19.3 Å². The number of benzene rings is 1. The van der Waals surface area contributed by atoms with Crippen molar-refractivity contribution in [3.8, 4) is 5.75 Å². The van der Waals surface area contributed by atoms with Crippen LogP contribution in [0.4, 0.5) is 10.1 Å². The zero-order chi connectivity index (χ0) is 21.3. The van der Waals surface area contributed by atoms with Gasteiger partial charge in [0.2, 0.25) is 5.91 Å². The number of carbonyl (C=O) groups excluding carboxylic acids is 3. The summed E-state index contributed by atoms with van der Waals surface area (Å²) in [5.41, 5.74) is 1.07. The highest BCUT2D eigenvalue weighted by atomic mass is 19.1. The van der Waals surface area contributed by atoms with Crippen molar-refractivity contribution in [1.29, 1.82) is 0 Å². The zero-order valence-corrected chi connectivity index (χ0v) is 16.0. The average Bonchev–Trinajstić information content (AvgIpc) is 3.02. The van der Waals surface area contributed by atoms with Crippen molar-refractivity contribution >= 4 is 29.4 Å². The molecule has 0 spiro atoms. The van der Waals surface area contributed by atoms with E-state index >= 15 is 0 Å². The normalized spacial score (nSPS) is 21.1. The Morgan fingerprint density at radius 3 is 2.69 bits per heavy atom. The molecule has 0 radical (unpaired) electrons. The van der Waals surface area contributed by atoms with Crippen LogP contribution in [-0.4, -0.2) is 60.2 Å². The summed E-state index contributed by atoms with van der Waals surface area (Å²) in [6, 6.07) is 1.75. The first-order chi connectivity index (χ1) is 13.7. The lowest BCUT2D eigenvalue weighted by Gasteiger charge is -2.27. The van der Waals surface area contributed by atoms with Crippen LogP contribution in [0.3, 0.4) is 0 Å². The number of halogens is 1. The van der Waals surface area contributed by atoms with Crippen molar-refractivity contribution in [3.05, 3.63) is 23.8 Å². The van der Waals surface area contributed by atoms with Crippen LogP contribution in [0.2, 0.25) is 0 Å². The molecule has 3 rings (SSSR count). The number of alkyl halides is 1. The predicted molar refractivity (Wildman–Crippen MR) is 99.2 cm³/mol. The first-order valence-electron chi connectivity index (χ1n) is 9.20. The molecule has 0 saturated carbocycles. The summed E-state index contributed by atoms with van der Waals surface area (Å²) < 4.78 is 18.2. The number of carbonyl (C=O) groups is 4. The maximum Gasteiger partial charge on any atom is 0.327 e. The number of para-hydroxylation sites is 1. The molecule has 1 aromatic carbocycles. The number of hydrogen-bond acceptors (Lipinski definition) is 5. The number of nitrogens with one attached hydrogen (secondary N) is 2. The molecule has 3 atom stereocenters. The summed E-state index contributed by atoms with van der Waals surface area (Å²) in [6.07, 6.45) is 0.134. The van der Waals surface area contributed by atoms with Gasteiger partial charge in [0.15, 0.2) is 6.67 Å². The van der Waals surface area contributed by atoms with E-state index in [1.54, 1.807) is 32.0 Å². The Labute approximate surface area is 166 Å². The fourth-order valence-corrected chi connectivity index (χ4v) is 3.56. The molecule has 0 saturated heterocycles. The topological polar surface area (TPSA) is 125 Å². The van der Waals surface area contributed by atoms with Gasteiger partial charge in [0, 0.05) is 6.42 Å². The molecule has 0 bridgehead atoms. The van der Waals surface area contributed by atoms with E-state index in [-0.39, 0.29) is 18.9 Å². The lowest BCUT2D eigenvalue weighted by molar-refractivity contribution is -0.140. The standard InChI is InChI=1S/C19H22FN3O6/c1-9(2)15(22-14(24)7-20)17(25)21-11-8-29-13-5-3-4-10-6-12(19(27)28)23(16(10)13)18(11)26/h3-5,9,11-12,15H,6-8H2,1-2H3,(H,21,25)(H,22,24)(H,27,28)/t11-,12-,15-/m0/s1. The summed E-state index contributed by atoms with van der Waals surface area (Å²) in [7, 11) is 0. The van der Waals surface area contributed by atoms with Gasteiger partial charge in [-0.15, -0.1) is 0 Å². The molecule has 156 valence electrons. The van der Waals surface area contributed by atoms with Crippen LogP contribution in [0.1, 0.15) is 19.4 Å². The molecule has 9 nitrogen and oxygen atoms in total. The fraction of sp³-hybridized carbons (Fsp3) is 0.474. The van der Waals surface area contributed by atoms with Crippen molar-refractivity contribution in [3.63, 3.8) is 0 Å². The molecule has 2 heterocycles. The molecular weight excluding hydrogens is 385 g/mol. The molecule has 2 aliphatic rings. The van der Waals surface area contributed by atoms with Gasteiger partial charge in [-0.1, -0.05) is 26.0 Å². The Morgan fingerprint density at radius 1 is 1.34 bits per heavy atom. The van der Waals surface area contributed by atoms with Crippen LogP contribution in [-0.2, 0) is 25.6 Å². The number of amides is 3. The Kier molecular flexibility index (Phi) is 5.71. The van der Waals surface area contributed by atoms with Crippen molar-refractivity contribution in [1.82, 2.24) is 10.6 Å². The van der Waals surface area contributed by atoms with Crippen molar-refractivity contribution in [2.45, 2.75) is 38.4 Å². The summed E-state index contributed by atoms with van der Waals surface area (Å²) in [6.45, 7) is 1.86. The second kappa shape index (κ2) is 8.06. The molecule has 29 heavy (non-hydrogen) atoms. The minimum Gasteiger partial charge on any atom is -0.489 e. The number of ether oxygens (including phenoxy) is 1. The Hall–Kier alpha value is -3.17. The fourth-order valence-electron chi connectivity index (χ4n) is 3.56. The Balaban J connectivity index is 1.85. The second-order valence-electron chi connectivity index (χ2n) is 7.33. The highest BCUT2D eigenvalue weighted by Gasteiger charge is 2.45. The summed E-state index contributed by atoms with van der Waals surface area (Å²) in [5, 5.41) is 14.4. The summed E-state index contributed by atoms with van der Waals surface area (Å²) in [4.78, 5) is 50.0. The maximum absolute atomic E-state index is 13.1. The lowest BCUT2D eigenvalue weighted by Crippen LogP contribution is -2.58. The van der Waals surface area contributed by atoms with E-state index in [1.165, 1.54) is 0 Å². The van der Waals surface area contributed by atoms with Crippen molar-refractivity contribution in [2.75, 3.05) is 18.2 Å². The zero-order valence-electron chi connectivity index (χ0n) is 16.0. The van der Waals surface area contributed by atoms with Crippen LogP contribution < -0.4 is 20.3 Å². The average molecular weight is 407 g/mol. The van der Waals surface area contributed by atoms with Gasteiger partial charge in [0.1, 0.15) is 30.5 Å². The Bertz CT molecular complexity index is 858. The molecule has 1 aromatic rings. The maximum atomic E-state index is 13.1. The SMILES string of the molecule is CC(C)[C@H](NC(=O)CF)C(=O)N[C@H]1COc2cccc3c2N(C1=O)[C@H](C(=O)O)C3. The van der Waals surface area contributed by atoms with E-state index in [0.717, 1.165) is 4.90 Å². The highest BCUT2D eigenvalue weighted by Crippen LogP contribution is 2.42. The van der Waals surface area contributed by atoms with Crippen LogP contribution >= 0.6 is 0 Å². The van der Waals surface area contributed by atoms with E-state index in [2.05, 4.69) is 10.6 Å². The van der Waals surface area contributed by atoms with Gasteiger partial charge in [-0.2, -0.15) is 0 Å². The highest BCUT2D eigenvalue weighted by molar-refractivity contribution is 6.07. The third-order valence-electron chi connectivity index (χ3n) is 4.98. The van der Waals surface area contributed by atoms with Crippen LogP contribution in [0.25, 0.3) is 0 Å². The van der Waals surface area contributed by atoms with Gasteiger partial charge < -0.3 is 20.5 Å². The van der Waals surface area contributed by atoms with E-state index in [4.69, 9.17) is 4.74 Å². The number of carboxylic acid groups (broad SMARTS) is 1. The first kappa shape index (κ1) is 20.6. The largest absolute Gasteiger partial charge is 0.489 e. The van der Waals surface area contributed by atoms with E-state index in [0.29, 0.717) is 17.0 Å². The number of anilines is 1. The van der Waals surface area contributed by atoms with Gasteiger partial charge >= 0.3 is 5.97 Å². The molecule has 10 heteroatoms. The molecule has 0 aromatic heterocycles. The van der Waals surface area contributed by atoms with Crippen LogP contribution in [0.5, 0.6) is 5.75 Å². The number of aliphatic carboxylic acids is 1. The first-order valence-corrected chi connectivity index (χ1v) is 9.20. The third kappa shape index (κ3) is 3.87. The van der Waals surface area contributed by atoms with Crippen LogP contribution in [0.15, 0.2) is 18.2 Å². The minimum absolute atomic E-state index is 0.134. The van der Waals surface area contributed by atoms with Crippen LogP contribution in [0, 0.1) is 5.92 Å². The summed E-state index contributed by atoms with van der Waals surface area (Å²) in [5.74, 6) is -3.40. The minimum atomic E-state index is -1.27. The number of nitrogens with zero attached hydrogens (tertiary/aromatic N) is 1. The Morgan fingerprint density at radius 2 is 2.07 bits per heavy atom. The predicted octanol–water partition coefficient (Wildman–Crippen LogP) is 0.0164. The second-order valence-corrected chi connectivity index (χ2v) is 7.33. The molecule has 0 fully saturated rings. The van der Waals surface area contributed by atoms with Gasteiger partial charge in [0.05, 0.1) is 5.69 Å². The van der Waals surface area contributed by atoms with E-state index in [1.807, 2.05) is 0 Å². The summed E-state index contributed by atoms with van der Waals surface area (Å²) >= 11 is 0. The van der Waals surface area contributed by atoms with Gasteiger partial charge in [0.25, 0.3) is 11.8 Å².